The van der Waals surface area contributed by atoms with E-state index < -0.39 is 11.4 Å². The predicted octanol–water partition coefficient (Wildman–Crippen LogP) is 1.60. The number of para-hydroxylation sites is 2. The predicted molar refractivity (Wildman–Crippen MR) is 86.4 cm³/mol. The average molecular weight is 330 g/mol. The monoisotopic (exact) mass is 330 g/mol. The van der Waals surface area contributed by atoms with Crippen molar-refractivity contribution in [2.24, 2.45) is 0 Å². The average Bonchev–Trinajstić information content (AvgIpc) is 3.19. The van der Waals surface area contributed by atoms with Gasteiger partial charge >= 0.3 is 5.76 Å². The molecule has 3 aromatic rings. The number of benzene rings is 1. The molecule has 126 valence electrons. The van der Waals surface area contributed by atoms with Gasteiger partial charge in [-0.2, -0.15) is 0 Å². The third-order valence-corrected chi connectivity index (χ3v) is 3.82. The van der Waals surface area contributed by atoms with Crippen LogP contribution in [0.4, 0.5) is 0 Å². The highest BCUT2D eigenvalue weighted by molar-refractivity contribution is 5.76. The third-order valence-electron chi connectivity index (χ3n) is 3.82. The number of fused-ring (bicyclic) bond motifs is 1. The number of aryl methyl sites for hydroxylation is 1. The molecule has 0 spiro atoms. The van der Waals surface area contributed by atoms with Crippen molar-refractivity contribution in [1.82, 2.24) is 9.88 Å². The smallest absolute Gasteiger partial charge is 0.419 e. The molecule has 1 atom stereocenters. The van der Waals surface area contributed by atoms with Crippen molar-refractivity contribution in [3.8, 4) is 0 Å². The van der Waals surface area contributed by atoms with Gasteiger partial charge in [0.15, 0.2) is 5.58 Å². The van der Waals surface area contributed by atoms with Crippen LogP contribution in [0, 0.1) is 0 Å². The van der Waals surface area contributed by atoms with Crippen LogP contribution in [-0.2, 0) is 16.9 Å². The molecule has 0 aliphatic rings. The van der Waals surface area contributed by atoms with E-state index in [4.69, 9.17) is 8.83 Å². The molecule has 7 heteroatoms. The SMILES string of the molecule is CC(O)(CNC(=O)CCn1c(=O)oc2ccccc21)c1ccco1. The van der Waals surface area contributed by atoms with E-state index in [2.05, 4.69) is 5.32 Å². The first kappa shape index (κ1) is 16.1. The molecule has 2 heterocycles. The number of hydrogen-bond donors (Lipinski definition) is 2. The minimum Gasteiger partial charge on any atom is -0.466 e. The van der Waals surface area contributed by atoms with Gasteiger partial charge in [-0.05, 0) is 31.2 Å². The number of nitrogens with zero attached hydrogens (tertiary/aromatic N) is 1. The first-order chi connectivity index (χ1) is 11.5. The molecule has 2 N–H and O–H groups in total. The van der Waals surface area contributed by atoms with Crippen LogP contribution < -0.4 is 11.1 Å². The van der Waals surface area contributed by atoms with Crippen LogP contribution in [0.25, 0.3) is 11.1 Å². The van der Waals surface area contributed by atoms with Crippen molar-refractivity contribution >= 4 is 17.0 Å². The number of hydrogen-bond acceptors (Lipinski definition) is 5. The van der Waals surface area contributed by atoms with Crippen molar-refractivity contribution < 1.29 is 18.7 Å². The van der Waals surface area contributed by atoms with Gasteiger partial charge in [-0.15, -0.1) is 0 Å². The lowest BCUT2D eigenvalue weighted by atomic mass is 10.0. The molecule has 1 aromatic carbocycles. The number of rotatable bonds is 6. The van der Waals surface area contributed by atoms with Gasteiger partial charge in [-0.3, -0.25) is 9.36 Å². The summed E-state index contributed by atoms with van der Waals surface area (Å²) in [7, 11) is 0. The van der Waals surface area contributed by atoms with Gasteiger partial charge in [0.2, 0.25) is 5.91 Å². The molecule has 2 aromatic heterocycles. The maximum atomic E-state index is 12.0. The minimum atomic E-state index is -1.29. The van der Waals surface area contributed by atoms with Gasteiger partial charge in [0.1, 0.15) is 11.4 Å². The highest BCUT2D eigenvalue weighted by atomic mass is 16.4. The van der Waals surface area contributed by atoms with Crippen molar-refractivity contribution in [3.05, 3.63) is 59.0 Å². The van der Waals surface area contributed by atoms with Crippen LogP contribution in [0.3, 0.4) is 0 Å². The molecule has 0 fully saturated rings. The molecular formula is C17H18N2O5. The highest BCUT2D eigenvalue weighted by Crippen LogP contribution is 2.19. The summed E-state index contributed by atoms with van der Waals surface area (Å²) in [5.74, 6) is -0.398. The summed E-state index contributed by atoms with van der Waals surface area (Å²) < 4.78 is 11.7. The molecule has 0 radical (unpaired) electrons. The lowest BCUT2D eigenvalue weighted by Crippen LogP contribution is -2.38. The largest absolute Gasteiger partial charge is 0.466 e. The Morgan fingerprint density at radius 2 is 2.08 bits per heavy atom. The summed E-state index contributed by atoms with van der Waals surface area (Å²) >= 11 is 0. The fourth-order valence-electron chi connectivity index (χ4n) is 2.47. The summed E-state index contributed by atoms with van der Waals surface area (Å²) in [6.45, 7) is 1.77. The number of oxazole rings is 1. The van der Waals surface area contributed by atoms with Crippen LogP contribution in [0.5, 0.6) is 0 Å². The lowest BCUT2D eigenvalue weighted by Gasteiger charge is -2.21. The van der Waals surface area contributed by atoms with E-state index in [9.17, 15) is 14.7 Å². The van der Waals surface area contributed by atoms with Crippen molar-refractivity contribution in [2.75, 3.05) is 6.54 Å². The highest BCUT2D eigenvalue weighted by Gasteiger charge is 2.26. The van der Waals surface area contributed by atoms with E-state index in [0.29, 0.717) is 16.9 Å². The van der Waals surface area contributed by atoms with Crippen LogP contribution in [-0.4, -0.2) is 22.1 Å². The van der Waals surface area contributed by atoms with Gasteiger partial charge < -0.3 is 19.3 Å². The Bertz CT molecular complexity index is 889. The number of aromatic nitrogens is 1. The van der Waals surface area contributed by atoms with Gasteiger partial charge in [0, 0.05) is 13.0 Å². The maximum Gasteiger partial charge on any atom is 0.419 e. The summed E-state index contributed by atoms with van der Waals surface area (Å²) in [5.41, 5.74) is -0.153. The fourth-order valence-corrected chi connectivity index (χ4v) is 2.47. The minimum absolute atomic E-state index is 0.0143. The van der Waals surface area contributed by atoms with Crippen molar-refractivity contribution in [3.63, 3.8) is 0 Å². The number of nitrogens with one attached hydrogen (secondary N) is 1. The zero-order valence-corrected chi connectivity index (χ0v) is 13.2. The summed E-state index contributed by atoms with van der Waals surface area (Å²) in [6.07, 6.45) is 1.56. The number of carbonyl (C=O) groups is 1. The van der Waals surface area contributed by atoms with E-state index >= 15 is 0 Å². The molecule has 3 rings (SSSR count). The van der Waals surface area contributed by atoms with Gasteiger partial charge in [0.05, 0.1) is 18.3 Å². The second kappa shape index (κ2) is 6.37. The molecule has 1 amide bonds. The Labute approximate surface area is 137 Å². The Morgan fingerprint density at radius 3 is 2.83 bits per heavy atom. The van der Waals surface area contributed by atoms with E-state index in [1.54, 1.807) is 43.3 Å². The second-order valence-corrected chi connectivity index (χ2v) is 5.77. The van der Waals surface area contributed by atoms with Gasteiger partial charge in [-0.25, -0.2) is 4.79 Å². The molecule has 0 aliphatic carbocycles. The molecule has 1 unspecified atom stereocenters. The van der Waals surface area contributed by atoms with Crippen LogP contribution >= 0.6 is 0 Å². The summed E-state index contributed by atoms with van der Waals surface area (Å²) in [4.78, 5) is 23.8. The molecule has 24 heavy (non-hydrogen) atoms. The van der Waals surface area contributed by atoms with E-state index in [1.807, 2.05) is 0 Å². The summed E-state index contributed by atoms with van der Waals surface area (Å²) in [6, 6.07) is 10.4. The number of furan rings is 1. The van der Waals surface area contributed by atoms with Crippen LogP contribution in [0.15, 0.2) is 56.3 Å². The lowest BCUT2D eigenvalue weighted by molar-refractivity contribution is -0.122. The first-order valence-corrected chi connectivity index (χ1v) is 7.59. The zero-order chi connectivity index (χ0) is 17.2. The fraction of sp³-hybridized carbons (Fsp3) is 0.294. The Morgan fingerprint density at radius 1 is 1.29 bits per heavy atom. The number of carbonyl (C=O) groups excluding carboxylic acids is 1. The molecular weight excluding hydrogens is 312 g/mol. The first-order valence-electron chi connectivity index (χ1n) is 7.59. The molecule has 0 saturated carbocycles. The van der Waals surface area contributed by atoms with Crippen LogP contribution in [0.2, 0.25) is 0 Å². The zero-order valence-electron chi connectivity index (χ0n) is 13.2. The van der Waals surface area contributed by atoms with E-state index in [1.165, 1.54) is 10.8 Å². The number of amides is 1. The molecule has 7 nitrogen and oxygen atoms in total. The quantitative estimate of drug-likeness (QED) is 0.715. The molecule has 0 bridgehead atoms. The van der Waals surface area contributed by atoms with E-state index in [0.717, 1.165) is 0 Å². The third kappa shape index (κ3) is 3.26. The maximum absolute atomic E-state index is 12.0. The van der Waals surface area contributed by atoms with Crippen molar-refractivity contribution in [1.29, 1.82) is 0 Å². The van der Waals surface area contributed by atoms with Gasteiger partial charge in [-0.1, -0.05) is 12.1 Å². The Kier molecular flexibility index (Phi) is 4.26. The molecule has 0 aliphatic heterocycles. The van der Waals surface area contributed by atoms with Gasteiger partial charge in [0.25, 0.3) is 0 Å². The van der Waals surface area contributed by atoms with Crippen LogP contribution in [0.1, 0.15) is 19.1 Å². The Hall–Kier alpha value is -2.80. The Balaban J connectivity index is 1.59. The summed E-state index contributed by atoms with van der Waals surface area (Å²) in [5, 5.41) is 12.9. The van der Waals surface area contributed by atoms with E-state index in [-0.39, 0.29) is 25.4 Å². The number of aliphatic hydroxyl groups is 1. The normalized spacial score (nSPS) is 13.8. The topological polar surface area (TPSA) is 97.6 Å². The van der Waals surface area contributed by atoms with Crippen molar-refractivity contribution in [2.45, 2.75) is 25.5 Å². The second-order valence-electron chi connectivity index (χ2n) is 5.77. The standard InChI is InChI=1S/C17H18N2O5/c1-17(22,14-7-4-10-23-14)11-18-15(20)8-9-19-12-5-2-3-6-13(12)24-16(19)21/h2-7,10,22H,8-9,11H2,1H3,(H,18,20). The molecule has 0 saturated heterocycles.